The van der Waals surface area contributed by atoms with Crippen LogP contribution in [0.3, 0.4) is 0 Å². The van der Waals surface area contributed by atoms with Crippen LogP contribution in [0.15, 0.2) is 168 Å². The van der Waals surface area contributed by atoms with E-state index < -0.39 is 0 Å². The number of furan rings is 1. The molecule has 6 aromatic carbocycles. The molecule has 9 aromatic rings. The van der Waals surface area contributed by atoms with E-state index in [9.17, 15) is 0 Å². The van der Waals surface area contributed by atoms with Crippen molar-refractivity contribution in [2.24, 2.45) is 0 Å². The smallest absolute Gasteiger partial charge is 0.160 e. The van der Waals surface area contributed by atoms with Crippen LogP contribution in [0.4, 0.5) is 0 Å². The monoisotopic (exact) mass is 619 g/mol. The number of para-hydroxylation sites is 3. The minimum absolute atomic E-state index is 0.697. The van der Waals surface area contributed by atoms with Gasteiger partial charge >= 0.3 is 0 Å². The average Bonchev–Trinajstić information content (AvgIpc) is 3.69. The topological polar surface area (TPSA) is 43.9 Å². The molecule has 4 nitrogen and oxygen atoms in total. The summed E-state index contributed by atoms with van der Waals surface area (Å²) in [6.07, 6.45) is 4.00. The van der Waals surface area contributed by atoms with Crippen LogP contribution < -0.4 is 0 Å². The average molecular weight is 620 g/mol. The molecule has 0 spiro atoms. The van der Waals surface area contributed by atoms with Crippen LogP contribution in [-0.4, -0.2) is 14.5 Å². The fourth-order valence-electron chi connectivity index (χ4n) is 6.39. The van der Waals surface area contributed by atoms with Crippen LogP contribution in [0, 0.1) is 0 Å². The molecule has 0 radical (unpaired) electrons. The molecule has 0 unspecified atom stereocenters. The van der Waals surface area contributed by atoms with E-state index >= 15 is 0 Å². The molecule has 0 fully saturated rings. The molecule has 0 saturated heterocycles. The van der Waals surface area contributed by atoms with Gasteiger partial charge in [-0.3, -0.25) is 0 Å². The lowest BCUT2D eigenvalue weighted by Crippen LogP contribution is -2.00. The third-order valence-corrected chi connectivity index (χ3v) is 8.75. The van der Waals surface area contributed by atoms with Crippen molar-refractivity contribution in [1.82, 2.24) is 14.5 Å². The highest BCUT2D eigenvalue weighted by Crippen LogP contribution is 2.40. The molecule has 48 heavy (non-hydrogen) atoms. The number of fused-ring (bicyclic) bond motifs is 6. The fraction of sp³-hybridized carbons (Fsp3) is 0.0455. The SMILES string of the molecule is C/C=C\C.c1ccc(-c2cc(-c3ccccc3-n3c4ccccc4c4cc5c(cc43)oc3ccccc35)nc(-c3ccccc3)n2)cc1. The lowest BCUT2D eigenvalue weighted by Gasteiger charge is -2.15. The summed E-state index contributed by atoms with van der Waals surface area (Å²) in [5.41, 5.74) is 9.85. The first-order chi connectivity index (χ1) is 23.7. The van der Waals surface area contributed by atoms with Gasteiger partial charge in [-0.2, -0.15) is 0 Å². The molecule has 3 heterocycles. The number of hydrogen-bond acceptors (Lipinski definition) is 3. The number of aromatic nitrogens is 3. The van der Waals surface area contributed by atoms with Crippen molar-refractivity contribution >= 4 is 43.7 Å². The number of allylic oxidation sites excluding steroid dienone is 2. The van der Waals surface area contributed by atoms with Gasteiger partial charge in [-0.1, -0.05) is 127 Å². The Labute approximate surface area is 279 Å². The minimum Gasteiger partial charge on any atom is -0.456 e. The van der Waals surface area contributed by atoms with Crippen molar-refractivity contribution < 1.29 is 4.42 Å². The van der Waals surface area contributed by atoms with Gasteiger partial charge in [-0.15, -0.1) is 0 Å². The van der Waals surface area contributed by atoms with Crippen LogP contribution >= 0.6 is 0 Å². The zero-order valence-electron chi connectivity index (χ0n) is 26.8. The maximum Gasteiger partial charge on any atom is 0.160 e. The van der Waals surface area contributed by atoms with Crippen molar-refractivity contribution in [3.05, 3.63) is 164 Å². The molecular weight excluding hydrogens is 587 g/mol. The predicted octanol–water partition coefficient (Wildman–Crippen LogP) is 12.1. The summed E-state index contributed by atoms with van der Waals surface area (Å²) in [4.78, 5) is 10.2. The molecular formula is C44H33N3O. The van der Waals surface area contributed by atoms with Gasteiger partial charge in [0, 0.05) is 44.3 Å². The molecule has 0 saturated carbocycles. The van der Waals surface area contributed by atoms with Gasteiger partial charge < -0.3 is 8.98 Å². The zero-order valence-corrected chi connectivity index (χ0v) is 26.8. The lowest BCUT2D eigenvalue weighted by atomic mass is 10.0. The molecule has 3 aromatic heterocycles. The third-order valence-electron chi connectivity index (χ3n) is 8.75. The van der Waals surface area contributed by atoms with Crippen LogP contribution in [0.1, 0.15) is 13.8 Å². The van der Waals surface area contributed by atoms with E-state index in [4.69, 9.17) is 14.4 Å². The molecule has 4 heteroatoms. The highest BCUT2D eigenvalue weighted by atomic mass is 16.3. The Hall–Kier alpha value is -6.26. The molecule has 0 aliphatic heterocycles. The summed E-state index contributed by atoms with van der Waals surface area (Å²) in [7, 11) is 0. The quantitative estimate of drug-likeness (QED) is 0.184. The van der Waals surface area contributed by atoms with Gasteiger partial charge in [0.15, 0.2) is 5.82 Å². The Morgan fingerprint density at radius 3 is 1.88 bits per heavy atom. The molecule has 0 amide bonds. The summed E-state index contributed by atoms with van der Waals surface area (Å²) in [6, 6.07) is 52.4. The second-order valence-corrected chi connectivity index (χ2v) is 11.7. The van der Waals surface area contributed by atoms with Crippen molar-refractivity contribution in [3.8, 4) is 39.6 Å². The van der Waals surface area contributed by atoms with Gasteiger partial charge in [-0.05, 0) is 44.2 Å². The molecule has 0 N–H and O–H groups in total. The van der Waals surface area contributed by atoms with E-state index in [0.29, 0.717) is 5.82 Å². The Morgan fingerprint density at radius 1 is 0.479 bits per heavy atom. The zero-order chi connectivity index (χ0) is 32.5. The first-order valence-corrected chi connectivity index (χ1v) is 16.2. The summed E-state index contributed by atoms with van der Waals surface area (Å²) >= 11 is 0. The summed E-state index contributed by atoms with van der Waals surface area (Å²) in [6.45, 7) is 4.00. The highest BCUT2D eigenvalue weighted by molar-refractivity contribution is 6.17. The Kier molecular flexibility index (Phi) is 7.60. The summed E-state index contributed by atoms with van der Waals surface area (Å²) in [5, 5.41) is 4.64. The van der Waals surface area contributed by atoms with E-state index in [1.165, 1.54) is 10.8 Å². The van der Waals surface area contributed by atoms with Gasteiger partial charge in [0.2, 0.25) is 0 Å². The molecule has 0 atom stereocenters. The second-order valence-electron chi connectivity index (χ2n) is 11.7. The second kappa shape index (κ2) is 12.5. The van der Waals surface area contributed by atoms with Crippen LogP contribution in [0.25, 0.3) is 83.3 Å². The highest BCUT2D eigenvalue weighted by Gasteiger charge is 2.19. The Bertz CT molecular complexity index is 2520. The summed E-state index contributed by atoms with van der Waals surface area (Å²) in [5.74, 6) is 0.697. The molecule has 0 aliphatic carbocycles. The Morgan fingerprint density at radius 2 is 1.10 bits per heavy atom. The number of nitrogens with zero attached hydrogens (tertiary/aromatic N) is 3. The molecule has 230 valence electrons. The van der Waals surface area contributed by atoms with Crippen molar-refractivity contribution in [3.63, 3.8) is 0 Å². The van der Waals surface area contributed by atoms with Crippen molar-refractivity contribution in [2.45, 2.75) is 13.8 Å². The lowest BCUT2D eigenvalue weighted by molar-refractivity contribution is 0.669. The van der Waals surface area contributed by atoms with Crippen LogP contribution in [0.5, 0.6) is 0 Å². The van der Waals surface area contributed by atoms with Gasteiger partial charge in [0.1, 0.15) is 11.2 Å². The predicted molar refractivity (Wildman–Crippen MR) is 200 cm³/mol. The van der Waals surface area contributed by atoms with Gasteiger partial charge in [0.05, 0.1) is 28.1 Å². The first kappa shape index (κ1) is 29.2. The molecule has 0 aliphatic rings. The van der Waals surface area contributed by atoms with E-state index in [-0.39, 0.29) is 0 Å². The largest absolute Gasteiger partial charge is 0.456 e. The number of hydrogen-bond donors (Lipinski definition) is 0. The number of rotatable bonds is 4. The van der Waals surface area contributed by atoms with E-state index in [0.717, 1.165) is 66.7 Å². The normalized spacial score (nSPS) is 11.5. The van der Waals surface area contributed by atoms with Gasteiger partial charge in [-0.25, -0.2) is 9.97 Å². The fourth-order valence-corrected chi connectivity index (χ4v) is 6.39. The standard InChI is InChI=1S/C40H25N3O.C4H8/c1-3-13-26(14-4-1)33-24-34(42-40(41-33)27-15-5-2-6-16-27)30-19-8-11-21-36(30)43-35-20-10-7-17-28(35)31-23-32-29-18-9-12-22-38(29)44-39(32)25-37(31)43;1-3-4-2/h1-25H;3-4H,1-2H3/b;4-3-. The van der Waals surface area contributed by atoms with E-state index in [2.05, 4.69) is 108 Å². The van der Waals surface area contributed by atoms with Gasteiger partial charge in [0.25, 0.3) is 0 Å². The van der Waals surface area contributed by atoms with Crippen LogP contribution in [0.2, 0.25) is 0 Å². The van der Waals surface area contributed by atoms with Crippen molar-refractivity contribution in [1.29, 1.82) is 0 Å². The minimum atomic E-state index is 0.697. The maximum atomic E-state index is 6.36. The maximum absolute atomic E-state index is 6.36. The Balaban J connectivity index is 0.000000799. The van der Waals surface area contributed by atoms with E-state index in [1.807, 2.05) is 74.5 Å². The van der Waals surface area contributed by atoms with Crippen molar-refractivity contribution in [2.75, 3.05) is 0 Å². The van der Waals surface area contributed by atoms with Crippen LogP contribution in [-0.2, 0) is 0 Å². The molecule has 9 rings (SSSR count). The van der Waals surface area contributed by atoms with E-state index in [1.54, 1.807) is 0 Å². The number of benzene rings is 6. The first-order valence-electron chi connectivity index (χ1n) is 16.2. The third kappa shape index (κ3) is 5.14. The molecule has 0 bridgehead atoms. The summed E-state index contributed by atoms with van der Waals surface area (Å²) < 4.78 is 8.70.